The Hall–Kier alpha value is -2.26. The lowest BCUT2D eigenvalue weighted by Gasteiger charge is -2.23. The van der Waals surface area contributed by atoms with Crippen molar-refractivity contribution in [3.05, 3.63) is 57.2 Å². The van der Waals surface area contributed by atoms with E-state index >= 15 is 0 Å². The summed E-state index contributed by atoms with van der Waals surface area (Å²) in [5.41, 5.74) is 5.09. The average molecular weight is 355 g/mol. The van der Waals surface area contributed by atoms with Gasteiger partial charge < -0.3 is 9.47 Å². The molecule has 0 aliphatic heterocycles. The molecular formula is C21H23ClN2O. The van der Waals surface area contributed by atoms with Gasteiger partial charge in [-0.15, -0.1) is 0 Å². The maximum absolute atomic E-state index is 13.2. The zero-order valence-corrected chi connectivity index (χ0v) is 15.9. The van der Waals surface area contributed by atoms with Crippen molar-refractivity contribution in [1.29, 1.82) is 0 Å². The van der Waals surface area contributed by atoms with E-state index in [0.29, 0.717) is 10.4 Å². The van der Waals surface area contributed by atoms with Crippen molar-refractivity contribution in [3.63, 3.8) is 0 Å². The van der Waals surface area contributed by atoms with Crippen molar-refractivity contribution in [1.82, 2.24) is 4.57 Å². The Morgan fingerprint density at radius 1 is 1.20 bits per heavy atom. The van der Waals surface area contributed by atoms with Crippen LogP contribution >= 0.6 is 11.6 Å². The summed E-state index contributed by atoms with van der Waals surface area (Å²) in [4.78, 5) is 15.3. The van der Waals surface area contributed by atoms with Gasteiger partial charge in [0.2, 0.25) is 0 Å². The third-order valence-corrected chi connectivity index (χ3v) is 5.09. The van der Waals surface area contributed by atoms with E-state index in [1.807, 2.05) is 26.2 Å². The molecule has 3 rings (SSSR count). The van der Waals surface area contributed by atoms with E-state index < -0.39 is 0 Å². The van der Waals surface area contributed by atoms with Crippen molar-refractivity contribution < 1.29 is 0 Å². The van der Waals surface area contributed by atoms with Crippen LogP contribution in [-0.4, -0.2) is 18.7 Å². The molecule has 0 unspecified atom stereocenters. The number of fused-ring (bicyclic) bond motifs is 2. The summed E-state index contributed by atoms with van der Waals surface area (Å²) in [5, 5.41) is 1.94. The van der Waals surface area contributed by atoms with Crippen LogP contribution in [-0.2, 0) is 13.0 Å². The van der Waals surface area contributed by atoms with Crippen molar-refractivity contribution in [2.45, 2.75) is 26.8 Å². The van der Waals surface area contributed by atoms with E-state index in [1.54, 1.807) is 12.1 Å². The second-order valence-electron chi connectivity index (χ2n) is 6.39. The van der Waals surface area contributed by atoms with Gasteiger partial charge in [-0.25, -0.2) is 0 Å². The highest BCUT2D eigenvalue weighted by Gasteiger charge is 2.18. The molecule has 0 bridgehead atoms. The van der Waals surface area contributed by atoms with E-state index in [0.717, 1.165) is 40.6 Å². The van der Waals surface area contributed by atoms with E-state index in [4.69, 9.17) is 11.6 Å². The third kappa shape index (κ3) is 2.63. The van der Waals surface area contributed by atoms with Crippen molar-refractivity contribution in [3.8, 4) is 0 Å². The molecule has 25 heavy (non-hydrogen) atoms. The summed E-state index contributed by atoms with van der Waals surface area (Å²) >= 11 is 6.32. The van der Waals surface area contributed by atoms with Gasteiger partial charge in [0.1, 0.15) is 0 Å². The smallest absolute Gasteiger partial charge is 0.197 e. The largest absolute Gasteiger partial charge is 0.376 e. The van der Waals surface area contributed by atoms with Gasteiger partial charge >= 0.3 is 0 Å². The molecule has 3 aromatic rings. The number of aromatic nitrogens is 1. The molecule has 4 heteroatoms. The third-order valence-electron chi connectivity index (χ3n) is 4.76. The minimum atomic E-state index is 0.0259. The molecule has 0 fully saturated rings. The summed E-state index contributed by atoms with van der Waals surface area (Å²) in [6, 6.07) is 7.74. The second-order valence-corrected chi connectivity index (χ2v) is 6.79. The maximum atomic E-state index is 13.2. The first kappa shape index (κ1) is 17.6. The van der Waals surface area contributed by atoms with Crippen LogP contribution in [0.3, 0.4) is 0 Å². The van der Waals surface area contributed by atoms with Crippen LogP contribution in [0.5, 0.6) is 0 Å². The minimum Gasteiger partial charge on any atom is -0.376 e. The van der Waals surface area contributed by atoms with Crippen molar-refractivity contribution in [2.24, 2.45) is 0 Å². The van der Waals surface area contributed by atoms with E-state index in [2.05, 4.69) is 36.0 Å². The molecule has 0 aliphatic carbocycles. The Morgan fingerprint density at radius 2 is 1.92 bits per heavy atom. The number of hydrogen-bond acceptors (Lipinski definition) is 2. The zero-order valence-electron chi connectivity index (χ0n) is 15.2. The number of benzene rings is 2. The SMILES string of the molecule is C=Cc1cc2c(cc1Cl)c(=O)c1ccc(CC)c(N(C)C)c1n2CC. The number of nitrogens with zero attached hydrogens (tertiary/aromatic N) is 2. The molecule has 3 nitrogen and oxygen atoms in total. The Bertz CT molecular complexity index is 1050. The van der Waals surface area contributed by atoms with Gasteiger partial charge in [-0.2, -0.15) is 0 Å². The van der Waals surface area contributed by atoms with Crippen LogP contribution in [0.4, 0.5) is 5.69 Å². The molecule has 0 atom stereocenters. The predicted molar refractivity (Wildman–Crippen MR) is 110 cm³/mol. The van der Waals surface area contributed by atoms with Crippen LogP contribution in [0.1, 0.15) is 25.0 Å². The molecule has 1 aromatic heterocycles. The second kappa shape index (κ2) is 6.57. The van der Waals surface area contributed by atoms with Gasteiger partial charge in [0.05, 0.1) is 16.7 Å². The summed E-state index contributed by atoms with van der Waals surface area (Å²) in [7, 11) is 4.05. The standard InChI is InChI=1S/C21H23ClN2O/c1-6-13-9-10-15-20(19(13)23(4)5)24(8-3)18-11-14(7-2)17(22)12-16(18)21(15)25/h7,9-12H,2,6,8H2,1,3-5H3. The summed E-state index contributed by atoms with van der Waals surface area (Å²) in [5.74, 6) is 0. The van der Waals surface area contributed by atoms with E-state index in [-0.39, 0.29) is 5.43 Å². The zero-order chi connectivity index (χ0) is 18.3. The van der Waals surface area contributed by atoms with E-state index in [1.165, 1.54) is 5.56 Å². The summed E-state index contributed by atoms with van der Waals surface area (Å²) in [6.07, 6.45) is 2.64. The van der Waals surface area contributed by atoms with Crippen LogP contribution in [0.15, 0.2) is 35.6 Å². The Kier molecular flexibility index (Phi) is 4.61. The Balaban J connectivity index is 2.66. The molecule has 0 saturated heterocycles. The molecule has 2 aromatic carbocycles. The number of hydrogen-bond donors (Lipinski definition) is 0. The number of halogens is 1. The highest BCUT2D eigenvalue weighted by Crippen LogP contribution is 2.33. The van der Waals surface area contributed by atoms with Crippen molar-refractivity contribution >= 4 is 45.2 Å². The fraction of sp³-hybridized carbons (Fsp3) is 0.286. The van der Waals surface area contributed by atoms with Gasteiger partial charge in [-0.1, -0.05) is 37.2 Å². The van der Waals surface area contributed by atoms with Gasteiger partial charge in [-0.3, -0.25) is 4.79 Å². The molecule has 0 aliphatic rings. The topological polar surface area (TPSA) is 25.2 Å². The van der Waals surface area contributed by atoms with Crippen LogP contribution in [0.2, 0.25) is 5.02 Å². The maximum Gasteiger partial charge on any atom is 0.197 e. The van der Waals surface area contributed by atoms with Crippen molar-refractivity contribution in [2.75, 3.05) is 19.0 Å². The molecule has 0 N–H and O–H groups in total. The average Bonchev–Trinajstić information content (AvgIpc) is 2.61. The first-order valence-electron chi connectivity index (χ1n) is 8.55. The molecular weight excluding hydrogens is 332 g/mol. The lowest BCUT2D eigenvalue weighted by Crippen LogP contribution is -2.18. The van der Waals surface area contributed by atoms with Crippen LogP contribution in [0.25, 0.3) is 27.9 Å². The highest BCUT2D eigenvalue weighted by molar-refractivity contribution is 6.33. The number of pyridine rings is 1. The fourth-order valence-electron chi connectivity index (χ4n) is 3.60. The molecule has 0 amide bonds. The molecule has 0 spiro atoms. The molecule has 0 radical (unpaired) electrons. The Morgan fingerprint density at radius 3 is 2.48 bits per heavy atom. The van der Waals surface area contributed by atoms with Crippen LogP contribution < -0.4 is 10.3 Å². The van der Waals surface area contributed by atoms with Gasteiger partial charge in [0.15, 0.2) is 5.43 Å². The first-order chi connectivity index (χ1) is 11.9. The Labute approximate surface area is 153 Å². The summed E-state index contributed by atoms with van der Waals surface area (Å²) < 4.78 is 2.21. The van der Waals surface area contributed by atoms with Gasteiger partial charge in [-0.05, 0) is 42.7 Å². The predicted octanol–water partition coefficient (Wildman–Crippen LogP) is 5.10. The first-order valence-corrected chi connectivity index (χ1v) is 8.93. The van der Waals surface area contributed by atoms with E-state index in [9.17, 15) is 4.79 Å². The number of rotatable bonds is 4. The molecule has 0 saturated carbocycles. The highest BCUT2D eigenvalue weighted by atomic mass is 35.5. The van der Waals surface area contributed by atoms with Crippen LogP contribution in [0, 0.1) is 0 Å². The fourth-order valence-corrected chi connectivity index (χ4v) is 3.84. The number of anilines is 1. The lowest BCUT2D eigenvalue weighted by molar-refractivity contribution is 0.818. The minimum absolute atomic E-state index is 0.0259. The normalized spacial score (nSPS) is 11.2. The summed E-state index contributed by atoms with van der Waals surface area (Å²) in [6.45, 7) is 8.83. The quantitative estimate of drug-likeness (QED) is 0.609. The number of aryl methyl sites for hydroxylation is 2. The van der Waals surface area contributed by atoms with Gasteiger partial charge in [0.25, 0.3) is 0 Å². The van der Waals surface area contributed by atoms with Gasteiger partial charge in [0, 0.05) is 36.4 Å². The molecule has 1 heterocycles. The molecule has 130 valence electrons. The monoisotopic (exact) mass is 354 g/mol. The lowest BCUT2D eigenvalue weighted by atomic mass is 10.0.